The van der Waals surface area contributed by atoms with Crippen LogP contribution in [0.25, 0.3) is 0 Å². The number of carbonyl (C=O) groups excluding carboxylic acids is 2. The Labute approximate surface area is 144 Å². The molecule has 0 fully saturated rings. The lowest BCUT2D eigenvalue weighted by Crippen LogP contribution is -2.17. The lowest BCUT2D eigenvalue weighted by Gasteiger charge is -2.07. The molecule has 0 saturated carbocycles. The molecule has 7 heteroatoms. The van der Waals surface area contributed by atoms with Crippen molar-refractivity contribution < 1.29 is 24.2 Å². The molecule has 0 bridgehead atoms. The molecule has 1 aromatic rings. The van der Waals surface area contributed by atoms with Gasteiger partial charge in [0, 0.05) is 0 Å². The van der Waals surface area contributed by atoms with E-state index in [1.807, 2.05) is 52.1 Å². The molecule has 0 aliphatic heterocycles. The largest absolute Gasteiger partial charge is 0.506 e. The highest BCUT2D eigenvalue weighted by Crippen LogP contribution is 2.27. The molecule has 0 spiro atoms. The molecule has 0 aliphatic carbocycles. The van der Waals surface area contributed by atoms with Gasteiger partial charge >= 0.3 is 11.9 Å². The molecule has 110 valence electrons. The number of rotatable bonds is 6. The number of benzene rings is 1. The lowest BCUT2D eigenvalue weighted by molar-refractivity contribution is -0.147. The third-order valence-electron chi connectivity index (χ3n) is 2.33. The molecule has 0 unspecified atom stereocenters. The summed E-state index contributed by atoms with van der Waals surface area (Å²) in [5.41, 5.74) is 0.290. The standard InChI is InChI=1S/C13H14I2O5/c1-2-3-4-19-11(16)7-20-13(18)8-5-9(14)12(17)10(15)6-8/h5-6,17H,2-4,7H2,1H3. The van der Waals surface area contributed by atoms with Gasteiger partial charge in [0.15, 0.2) is 6.61 Å². The number of phenolic OH excluding ortho intramolecular Hbond substituents is 1. The first kappa shape index (κ1) is 17.5. The Kier molecular flexibility index (Phi) is 7.56. The Hall–Kier alpha value is -0.580. The van der Waals surface area contributed by atoms with E-state index in [9.17, 15) is 14.7 Å². The summed E-state index contributed by atoms with van der Waals surface area (Å²) >= 11 is 3.84. The van der Waals surface area contributed by atoms with Crippen LogP contribution in [0.3, 0.4) is 0 Å². The zero-order valence-corrected chi connectivity index (χ0v) is 15.1. The topological polar surface area (TPSA) is 72.8 Å². The van der Waals surface area contributed by atoms with Gasteiger partial charge in [0.1, 0.15) is 5.75 Å². The first-order chi connectivity index (χ1) is 9.45. The third-order valence-corrected chi connectivity index (χ3v) is 3.98. The van der Waals surface area contributed by atoms with Gasteiger partial charge in [-0.25, -0.2) is 9.59 Å². The maximum absolute atomic E-state index is 11.8. The van der Waals surface area contributed by atoms with Crippen molar-refractivity contribution in [2.24, 2.45) is 0 Å². The number of hydrogen-bond donors (Lipinski definition) is 1. The average Bonchev–Trinajstić information content (AvgIpc) is 2.41. The predicted octanol–water partition coefficient (Wildman–Crippen LogP) is 3.10. The summed E-state index contributed by atoms with van der Waals surface area (Å²) in [6, 6.07) is 3.01. The number of unbranched alkanes of at least 4 members (excludes halogenated alkanes) is 1. The molecule has 0 amide bonds. The van der Waals surface area contributed by atoms with E-state index < -0.39 is 18.5 Å². The maximum atomic E-state index is 11.8. The van der Waals surface area contributed by atoms with Crippen molar-refractivity contribution in [3.05, 3.63) is 24.8 Å². The number of phenols is 1. The van der Waals surface area contributed by atoms with E-state index in [-0.39, 0.29) is 11.3 Å². The fourth-order valence-electron chi connectivity index (χ4n) is 1.26. The fourth-order valence-corrected chi connectivity index (χ4v) is 3.03. The summed E-state index contributed by atoms with van der Waals surface area (Å²) in [6.45, 7) is 1.92. The van der Waals surface area contributed by atoms with Crippen molar-refractivity contribution in [3.63, 3.8) is 0 Å². The van der Waals surface area contributed by atoms with Crippen molar-refractivity contribution in [2.75, 3.05) is 13.2 Å². The normalized spacial score (nSPS) is 10.2. The van der Waals surface area contributed by atoms with Gasteiger partial charge in [-0.2, -0.15) is 0 Å². The minimum absolute atomic E-state index is 0.127. The number of esters is 2. The summed E-state index contributed by atoms with van der Waals surface area (Å²) < 4.78 is 10.8. The highest BCUT2D eigenvalue weighted by Gasteiger charge is 2.14. The summed E-state index contributed by atoms with van der Waals surface area (Å²) in [6.07, 6.45) is 1.71. The van der Waals surface area contributed by atoms with Crippen LogP contribution in [0.5, 0.6) is 5.75 Å². The van der Waals surface area contributed by atoms with E-state index in [0.29, 0.717) is 13.7 Å². The number of ether oxygens (including phenoxy) is 2. The van der Waals surface area contributed by atoms with Crippen LogP contribution >= 0.6 is 45.2 Å². The van der Waals surface area contributed by atoms with Gasteiger partial charge in [0.2, 0.25) is 0 Å². The van der Waals surface area contributed by atoms with Crippen molar-refractivity contribution in [2.45, 2.75) is 19.8 Å². The lowest BCUT2D eigenvalue weighted by atomic mass is 10.2. The highest BCUT2D eigenvalue weighted by molar-refractivity contribution is 14.1. The Morgan fingerprint density at radius 3 is 2.35 bits per heavy atom. The van der Waals surface area contributed by atoms with Crippen molar-refractivity contribution in [3.8, 4) is 5.75 Å². The summed E-state index contributed by atoms with van der Waals surface area (Å²) in [5.74, 6) is -1.05. The van der Waals surface area contributed by atoms with E-state index in [1.165, 1.54) is 12.1 Å². The zero-order chi connectivity index (χ0) is 15.1. The molecule has 5 nitrogen and oxygen atoms in total. The van der Waals surface area contributed by atoms with E-state index in [1.54, 1.807) is 0 Å². The molecule has 1 aromatic carbocycles. The van der Waals surface area contributed by atoms with Crippen molar-refractivity contribution in [1.29, 1.82) is 0 Å². The Morgan fingerprint density at radius 1 is 1.20 bits per heavy atom. The average molecular weight is 504 g/mol. The molecule has 0 saturated heterocycles. The summed E-state index contributed by atoms with van der Waals surface area (Å²) in [5, 5.41) is 9.61. The molecular formula is C13H14I2O5. The Balaban J connectivity index is 2.53. The zero-order valence-electron chi connectivity index (χ0n) is 10.8. The minimum Gasteiger partial charge on any atom is -0.506 e. The van der Waals surface area contributed by atoms with Crippen LogP contribution in [-0.2, 0) is 14.3 Å². The van der Waals surface area contributed by atoms with Crippen LogP contribution in [0.4, 0.5) is 0 Å². The number of carbonyl (C=O) groups is 2. The van der Waals surface area contributed by atoms with Gasteiger partial charge in [-0.15, -0.1) is 0 Å². The van der Waals surface area contributed by atoms with E-state index in [0.717, 1.165) is 12.8 Å². The van der Waals surface area contributed by atoms with Gasteiger partial charge in [-0.1, -0.05) is 13.3 Å². The van der Waals surface area contributed by atoms with Crippen molar-refractivity contribution in [1.82, 2.24) is 0 Å². The minimum atomic E-state index is -0.617. The molecule has 0 aromatic heterocycles. The maximum Gasteiger partial charge on any atom is 0.344 e. The second kappa shape index (κ2) is 8.65. The first-order valence-electron chi connectivity index (χ1n) is 5.96. The van der Waals surface area contributed by atoms with Crippen LogP contribution in [0.2, 0.25) is 0 Å². The predicted molar refractivity (Wildman–Crippen MR) is 89.7 cm³/mol. The van der Waals surface area contributed by atoms with Gasteiger partial charge in [0.05, 0.1) is 19.3 Å². The van der Waals surface area contributed by atoms with Gasteiger partial charge in [-0.05, 0) is 63.7 Å². The molecular weight excluding hydrogens is 490 g/mol. The second-order valence-electron chi connectivity index (χ2n) is 3.94. The number of aromatic hydroxyl groups is 1. The van der Waals surface area contributed by atoms with Gasteiger partial charge < -0.3 is 14.6 Å². The van der Waals surface area contributed by atoms with Gasteiger partial charge in [-0.3, -0.25) is 0 Å². The van der Waals surface area contributed by atoms with Crippen LogP contribution in [0.15, 0.2) is 12.1 Å². The fraction of sp³-hybridized carbons (Fsp3) is 0.385. The third kappa shape index (κ3) is 5.43. The molecule has 1 N–H and O–H groups in total. The van der Waals surface area contributed by atoms with Crippen LogP contribution in [-0.4, -0.2) is 30.3 Å². The number of hydrogen-bond acceptors (Lipinski definition) is 5. The van der Waals surface area contributed by atoms with Crippen LogP contribution < -0.4 is 0 Å². The molecule has 0 atom stereocenters. The molecule has 0 radical (unpaired) electrons. The smallest absolute Gasteiger partial charge is 0.344 e. The number of halogens is 2. The SMILES string of the molecule is CCCCOC(=O)COC(=O)c1cc(I)c(O)c(I)c1. The molecule has 0 heterocycles. The van der Waals surface area contributed by atoms with E-state index >= 15 is 0 Å². The van der Waals surface area contributed by atoms with Crippen LogP contribution in [0.1, 0.15) is 30.1 Å². The summed E-state index contributed by atoms with van der Waals surface area (Å²) in [4.78, 5) is 23.1. The van der Waals surface area contributed by atoms with E-state index in [2.05, 4.69) is 0 Å². The highest BCUT2D eigenvalue weighted by atomic mass is 127. The quantitative estimate of drug-likeness (QED) is 0.367. The first-order valence-corrected chi connectivity index (χ1v) is 8.12. The molecule has 20 heavy (non-hydrogen) atoms. The Bertz CT molecular complexity index is 479. The molecule has 1 rings (SSSR count). The van der Waals surface area contributed by atoms with E-state index in [4.69, 9.17) is 9.47 Å². The summed E-state index contributed by atoms with van der Waals surface area (Å²) in [7, 11) is 0. The monoisotopic (exact) mass is 504 g/mol. The van der Waals surface area contributed by atoms with Gasteiger partial charge in [0.25, 0.3) is 0 Å². The Morgan fingerprint density at radius 2 is 1.80 bits per heavy atom. The second-order valence-corrected chi connectivity index (χ2v) is 6.26. The molecule has 0 aliphatic rings. The van der Waals surface area contributed by atoms with Crippen LogP contribution in [0, 0.1) is 7.14 Å². The van der Waals surface area contributed by atoms with Crippen molar-refractivity contribution >= 4 is 57.1 Å².